The highest BCUT2D eigenvalue weighted by Crippen LogP contribution is 2.12. The van der Waals surface area contributed by atoms with Crippen LogP contribution in [-0.2, 0) is 18.3 Å². The van der Waals surface area contributed by atoms with Crippen LogP contribution in [0.15, 0.2) is 36.7 Å². The average molecular weight is 272 g/mol. The van der Waals surface area contributed by atoms with Gasteiger partial charge in [0.1, 0.15) is 11.5 Å². The fourth-order valence-corrected chi connectivity index (χ4v) is 2.00. The van der Waals surface area contributed by atoms with Crippen LogP contribution < -0.4 is 4.74 Å². The number of nitrogens with zero attached hydrogens (tertiary/aromatic N) is 2. The van der Waals surface area contributed by atoms with Gasteiger partial charge in [-0.3, -0.25) is 9.48 Å². The van der Waals surface area contributed by atoms with Crippen molar-refractivity contribution in [1.29, 1.82) is 0 Å². The van der Waals surface area contributed by atoms with E-state index < -0.39 is 0 Å². The molecule has 0 saturated carbocycles. The standard InChI is InChI=1S/C16H20N2O2/c1-13-4-3-5-16(10-13)20-9-8-15(19)7-6-14-11-17-18(2)12-14/h3-5,10-12H,6-9H2,1-2H3. The van der Waals surface area contributed by atoms with E-state index in [1.165, 1.54) is 0 Å². The monoisotopic (exact) mass is 272 g/mol. The molecule has 0 aliphatic carbocycles. The van der Waals surface area contributed by atoms with Gasteiger partial charge in [-0.1, -0.05) is 12.1 Å². The predicted molar refractivity (Wildman–Crippen MR) is 77.8 cm³/mol. The van der Waals surface area contributed by atoms with Crippen molar-refractivity contribution in [3.63, 3.8) is 0 Å². The molecule has 4 nitrogen and oxygen atoms in total. The molecule has 0 amide bonds. The van der Waals surface area contributed by atoms with Gasteiger partial charge in [0.2, 0.25) is 0 Å². The fourth-order valence-electron chi connectivity index (χ4n) is 2.00. The topological polar surface area (TPSA) is 44.1 Å². The van der Waals surface area contributed by atoms with Crippen molar-refractivity contribution in [2.45, 2.75) is 26.2 Å². The molecule has 1 aromatic carbocycles. The maximum absolute atomic E-state index is 11.8. The number of hydrogen-bond donors (Lipinski definition) is 0. The summed E-state index contributed by atoms with van der Waals surface area (Å²) in [6.07, 6.45) is 5.49. The number of ether oxygens (including phenoxy) is 1. The zero-order valence-corrected chi connectivity index (χ0v) is 12.0. The molecular weight excluding hydrogens is 252 g/mol. The fraction of sp³-hybridized carbons (Fsp3) is 0.375. The second kappa shape index (κ2) is 6.89. The number of benzene rings is 1. The van der Waals surface area contributed by atoms with Gasteiger partial charge in [-0.25, -0.2) is 0 Å². The molecule has 0 bridgehead atoms. The van der Waals surface area contributed by atoms with Crippen molar-refractivity contribution in [3.05, 3.63) is 47.8 Å². The van der Waals surface area contributed by atoms with Crippen LogP contribution >= 0.6 is 0 Å². The minimum Gasteiger partial charge on any atom is -0.493 e. The molecule has 20 heavy (non-hydrogen) atoms. The Bertz CT molecular complexity index is 575. The van der Waals surface area contributed by atoms with Crippen molar-refractivity contribution in [2.75, 3.05) is 6.61 Å². The molecule has 1 aromatic heterocycles. The molecule has 4 heteroatoms. The van der Waals surface area contributed by atoms with Crippen molar-refractivity contribution < 1.29 is 9.53 Å². The van der Waals surface area contributed by atoms with Gasteiger partial charge in [-0.2, -0.15) is 5.10 Å². The van der Waals surface area contributed by atoms with Gasteiger partial charge in [-0.15, -0.1) is 0 Å². The first kappa shape index (κ1) is 14.3. The maximum atomic E-state index is 11.8. The van der Waals surface area contributed by atoms with Crippen molar-refractivity contribution in [1.82, 2.24) is 9.78 Å². The molecule has 0 fully saturated rings. The van der Waals surface area contributed by atoms with Gasteiger partial charge in [-0.05, 0) is 36.6 Å². The molecule has 0 saturated heterocycles. The molecule has 0 N–H and O–H groups in total. The molecule has 0 radical (unpaired) electrons. The van der Waals surface area contributed by atoms with Gasteiger partial charge < -0.3 is 4.74 Å². The average Bonchev–Trinajstić information content (AvgIpc) is 2.82. The Labute approximate surface area is 119 Å². The number of aryl methyl sites for hydroxylation is 3. The molecule has 0 aliphatic heterocycles. The largest absolute Gasteiger partial charge is 0.493 e. The van der Waals surface area contributed by atoms with E-state index in [1.807, 2.05) is 44.4 Å². The summed E-state index contributed by atoms with van der Waals surface area (Å²) < 4.78 is 7.33. The second-order valence-electron chi connectivity index (χ2n) is 4.98. The molecule has 0 aliphatic rings. The van der Waals surface area contributed by atoms with Gasteiger partial charge in [0.25, 0.3) is 0 Å². The first-order valence-electron chi connectivity index (χ1n) is 6.82. The van der Waals surface area contributed by atoms with Crippen molar-refractivity contribution in [3.8, 4) is 5.75 Å². The van der Waals surface area contributed by atoms with E-state index >= 15 is 0 Å². The lowest BCUT2D eigenvalue weighted by atomic mass is 10.1. The summed E-state index contributed by atoms with van der Waals surface area (Å²) in [6.45, 7) is 2.46. The number of aromatic nitrogens is 2. The summed E-state index contributed by atoms with van der Waals surface area (Å²) in [5, 5.41) is 4.09. The minimum absolute atomic E-state index is 0.224. The summed E-state index contributed by atoms with van der Waals surface area (Å²) in [5.74, 6) is 1.05. The van der Waals surface area contributed by atoms with E-state index in [1.54, 1.807) is 10.9 Å². The summed E-state index contributed by atoms with van der Waals surface area (Å²) in [6, 6.07) is 7.86. The Kier molecular flexibility index (Phi) is 4.93. The molecule has 2 rings (SSSR count). The lowest BCUT2D eigenvalue weighted by molar-refractivity contribution is -0.119. The number of Topliss-reactive ketones (excluding diaryl/α,β-unsaturated/α-hetero) is 1. The number of carbonyl (C=O) groups is 1. The van der Waals surface area contributed by atoms with Gasteiger partial charge in [0.15, 0.2) is 0 Å². The van der Waals surface area contributed by atoms with E-state index in [9.17, 15) is 4.79 Å². The SMILES string of the molecule is Cc1cccc(OCCC(=O)CCc2cnn(C)c2)c1. The van der Waals surface area contributed by atoms with Crippen LogP contribution in [-0.4, -0.2) is 22.2 Å². The highest BCUT2D eigenvalue weighted by atomic mass is 16.5. The molecule has 0 unspecified atom stereocenters. The molecule has 0 atom stereocenters. The van der Waals surface area contributed by atoms with Crippen LogP contribution in [0.3, 0.4) is 0 Å². The Morgan fingerprint density at radius 1 is 1.35 bits per heavy atom. The van der Waals surface area contributed by atoms with E-state index in [4.69, 9.17) is 4.74 Å². The van der Waals surface area contributed by atoms with Crippen molar-refractivity contribution >= 4 is 5.78 Å². The zero-order chi connectivity index (χ0) is 14.4. The van der Waals surface area contributed by atoms with Gasteiger partial charge in [0.05, 0.1) is 12.8 Å². The van der Waals surface area contributed by atoms with Crippen LogP contribution in [0.4, 0.5) is 0 Å². The number of rotatable bonds is 7. The lowest BCUT2D eigenvalue weighted by Crippen LogP contribution is -2.07. The summed E-state index contributed by atoms with van der Waals surface area (Å²) in [7, 11) is 1.88. The van der Waals surface area contributed by atoms with E-state index in [-0.39, 0.29) is 5.78 Å². The minimum atomic E-state index is 0.224. The lowest BCUT2D eigenvalue weighted by Gasteiger charge is -2.06. The van der Waals surface area contributed by atoms with Crippen LogP contribution in [0.25, 0.3) is 0 Å². The van der Waals surface area contributed by atoms with E-state index in [0.29, 0.717) is 19.4 Å². The van der Waals surface area contributed by atoms with Crippen LogP contribution in [0.5, 0.6) is 5.75 Å². The Balaban J connectivity index is 1.67. The summed E-state index contributed by atoms with van der Waals surface area (Å²) >= 11 is 0. The third-order valence-corrected chi connectivity index (χ3v) is 3.09. The number of ketones is 1. The molecule has 0 spiro atoms. The van der Waals surface area contributed by atoms with Gasteiger partial charge >= 0.3 is 0 Å². The first-order valence-corrected chi connectivity index (χ1v) is 6.82. The Morgan fingerprint density at radius 2 is 2.20 bits per heavy atom. The van der Waals surface area contributed by atoms with E-state index in [2.05, 4.69) is 5.10 Å². The number of hydrogen-bond acceptors (Lipinski definition) is 3. The number of carbonyl (C=O) groups excluding carboxylic acids is 1. The first-order chi connectivity index (χ1) is 9.63. The molecular formula is C16H20N2O2. The Morgan fingerprint density at radius 3 is 2.90 bits per heavy atom. The van der Waals surface area contributed by atoms with Crippen molar-refractivity contribution in [2.24, 2.45) is 7.05 Å². The quantitative estimate of drug-likeness (QED) is 0.778. The summed E-state index contributed by atoms with van der Waals surface area (Å²) in [5.41, 5.74) is 2.26. The summed E-state index contributed by atoms with van der Waals surface area (Å²) in [4.78, 5) is 11.8. The third kappa shape index (κ3) is 4.53. The third-order valence-electron chi connectivity index (χ3n) is 3.09. The highest BCUT2D eigenvalue weighted by Gasteiger charge is 2.05. The second-order valence-corrected chi connectivity index (χ2v) is 4.98. The van der Waals surface area contributed by atoms with E-state index in [0.717, 1.165) is 23.3 Å². The Hall–Kier alpha value is -2.10. The van der Waals surface area contributed by atoms with Crippen LogP contribution in [0, 0.1) is 6.92 Å². The molecule has 106 valence electrons. The highest BCUT2D eigenvalue weighted by molar-refractivity contribution is 5.78. The predicted octanol–water partition coefficient (Wildman–Crippen LogP) is 2.70. The normalized spacial score (nSPS) is 10.5. The van der Waals surface area contributed by atoms with Crippen LogP contribution in [0.2, 0.25) is 0 Å². The maximum Gasteiger partial charge on any atom is 0.136 e. The van der Waals surface area contributed by atoms with Gasteiger partial charge in [0, 0.05) is 26.1 Å². The smallest absolute Gasteiger partial charge is 0.136 e. The molecule has 2 aromatic rings. The molecule has 1 heterocycles. The zero-order valence-electron chi connectivity index (χ0n) is 12.0. The van der Waals surface area contributed by atoms with Crippen LogP contribution in [0.1, 0.15) is 24.0 Å².